The summed E-state index contributed by atoms with van der Waals surface area (Å²) >= 11 is 1.66. The zero-order valence-electron chi connectivity index (χ0n) is 15.0. The Morgan fingerprint density at radius 3 is 2.81 bits per heavy atom. The zero-order valence-corrected chi connectivity index (χ0v) is 15.8. The number of fused-ring (bicyclic) bond motifs is 1. The fourth-order valence-electron chi connectivity index (χ4n) is 3.47. The lowest BCUT2D eigenvalue weighted by atomic mass is 9.97. The molecule has 0 saturated heterocycles. The fraction of sp³-hybridized carbons (Fsp3) is 0.333. The molecule has 5 heteroatoms. The van der Waals surface area contributed by atoms with Crippen molar-refractivity contribution in [3.8, 4) is 16.9 Å². The summed E-state index contributed by atoms with van der Waals surface area (Å²) in [6, 6.07) is 8.16. The molecular weight excluding hydrogens is 342 g/mol. The van der Waals surface area contributed by atoms with Gasteiger partial charge in [0.2, 0.25) is 0 Å². The van der Waals surface area contributed by atoms with Gasteiger partial charge in [-0.15, -0.1) is 11.3 Å². The highest BCUT2D eigenvalue weighted by Gasteiger charge is 2.13. The van der Waals surface area contributed by atoms with E-state index in [1.807, 2.05) is 12.1 Å². The first-order chi connectivity index (χ1) is 12.8. The molecule has 1 aromatic carbocycles. The second-order valence-corrected chi connectivity index (χ2v) is 7.42. The smallest absolute Gasteiger partial charge is 0.138 e. The lowest BCUT2D eigenvalue weighted by Gasteiger charge is -2.13. The third-order valence-electron chi connectivity index (χ3n) is 4.89. The van der Waals surface area contributed by atoms with E-state index in [1.165, 1.54) is 31.2 Å². The van der Waals surface area contributed by atoms with Crippen molar-refractivity contribution >= 4 is 27.4 Å². The van der Waals surface area contributed by atoms with Gasteiger partial charge < -0.3 is 10.1 Å². The number of rotatable bonds is 6. The average molecular weight is 366 g/mol. The number of methoxy groups -OCH3 is 1. The molecule has 0 fully saturated rings. The van der Waals surface area contributed by atoms with Crippen molar-refractivity contribution in [3.63, 3.8) is 0 Å². The molecule has 4 rings (SSSR count). The number of aromatic nitrogens is 2. The highest BCUT2D eigenvalue weighted by molar-refractivity contribution is 7.17. The maximum Gasteiger partial charge on any atom is 0.138 e. The predicted molar refractivity (Wildman–Crippen MR) is 109 cm³/mol. The SMILES string of the molecule is COc1ccc(-c2csc3ncnc(NCCC4=CCCCC4)c23)cc1. The van der Waals surface area contributed by atoms with E-state index in [1.54, 1.807) is 30.3 Å². The number of allylic oxidation sites excluding steroid dienone is 1. The Morgan fingerprint density at radius 1 is 1.15 bits per heavy atom. The van der Waals surface area contributed by atoms with Crippen LogP contribution in [0.5, 0.6) is 5.75 Å². The monoisotopic (exact) mass is 365 g/mol. The summed E-state index contributed by atoms with van der Waals surface area (Å²) in [5.41, 5.74) is 3.91. The highest BCUT2D eigenvalue weighted by atomic mass is 32.1. The molecule has 1 aliphatic rings. The van der Waals surface area contributed by atoms with Crippen LogP contribution in [0.25, 0.3) is 21.3 Å². The van der Waals surface area contributed by atoms with E-state index in [-0.39, 0.29) is 0 Å². The van der Waals surface area contributed by atoms with E-state index in [4.69, 9.17) is 4.74 Å². The molecule has 0 radical (unpaired) electrons. The minimum Gasteiger partial charge on any atom is -0.497 e. The minimum absolute atomic E-state index is 0.864. The third-order valence-corrected chi connectivity index (χ3v) is 5.78. The van der Waals surface area contributed by atoms with Crippen molar-refractivity contribution in [1.29, 1.82) is 0 Å². The van der Waals surface area contributed by atoms with Crippen LogP contribution in [-0.2, 0) is 0 Å². The second-order valence-electron chi connectivity index (χ2n) is 6.57. The van der Waals surface area contributed by atoms with E-state index in [2.05, 4.69) is 38.9 Å². The van der Waals surface area contributed by atoms with Gasteiger partial charge in [-0.2, -0.15) is 0 Å². The molecule has 0 saturated carbocycles. The van der Waals surface area contributed by atoms with Gasteiger partial charge in [0.25, 0.3) is 0 Å². The van der Waals surface area contributed by atoms with E-state index < -0.39 is 0 Å². The van der Waals surface area contributed by atoms with Crippen LogP contribution < -0.4 is 10.1 Å². The molecule has 0 amide bonds. The lowest BCUT2D eigenvalue weighted by molar-refractivity contribution is 0.415. The first kappa shape index (κ1) is 17.0. The van der Waals surface area contributed by atoms with Crippen molar-refractivity contribution in [3.05, 3.63) is 47.6 Å². The molecular formula is C21H23N3OS. The molecule has 1 N–H and O–H groups in total. The number of nitrogens with zero attached hydrogens (tertiary/aromatic N) is 2. The Labute approximate surface area is 158 Å². The number of ether oxygens (including phenoxy) is 1. The summed E-state index contributed by atoms with van der Waals surface area (Å²) in [7, 11) is 1.69. The van der Waals surface area contributed by atoms with E-state index in [9.17, 15) is 0 Å². The Bertz CT molecular complexity index is 915. The van der Waals surface area contributed by atoms with Crippen LogP contribution in [0.1, 0.15) is 32.1 Å². The van der Waals surface area contributed by atoms with Crippen molar-refractivity contribution in [1.82, 2.24) is 9.97 Å². The number of hydrogen-bond acceptors (Lipinski definition) is 5. The van der Waals surface area contributed by atoms with Crippen LogP contribution in [-0.4, -0.2) is 23.6 Å². The summed E-state index contributed by atoms with van der Waals surface area (Å²) in [4.78, 5) is 9.99. The van der Waals surface area contributed by atoms with Gasteiger partial charge in [-0.05, 0) is 49.8 Å². The van der Waals surface area contributed by atoms with E-state index in [0.29, 0.717) is 0 Å². The van der Waals surface area contributed by atoms with Crippen LogP contribution in [0.4, 0.5) is 5.82 Å². The van der Waals surface area contributed by atoms with Crippen LogP contribution >= 0.6 is 11.3 Å². The third kappa shape index (κ3) is 3.58. The lowest BCUT2D eigenvalue weighted by Crippen LogP contribution is -2.06. The summed E-state index contributed by atoms with van der Waals surface area (Å²) in [6.45, 7) is 0.913. The largest absolute Gasteiger partial charge is 0.497 e. The second kappa shape index (κ2) is 7.87. The normalized spacial score (nSPS) is 14.3. The first-order valence-electron chi connectivity index (χ1n) is 9.13. The van der Waals surface area contributed by atoms with Crippen molar-refractivity contribution < 1.29 is 4.74 Å². The summed E-state index contributed by atoms with van der Waals surface area (Å²) in [6.07, 6.45) is 10.3. The van der Waals surface area contributed by atoms with Gasteiger partial charge in [-0.3, -0.25) is 0 Å². The molecule has 3 aromatic rings. The molecule has 0 spiro atoms. The van der Waals surface area contributed by atoms with Crippen LogP contribution in [0.15, 0.2) is 47.6 Å². The summed E-state index contributed by atoms with van der Waals surface area (Å²) < 4.78 is 5.27. The minimum atomic E-state index is 0.864. The molecule has 26 heavy (non-hydrogen) atoms. The van der Waals surface area contributed by atoms with Gasteiger partial charge in [-0.1, -0.05) is 23.8 Å². The molecule has 0 unspecified atom stereocenters. The summed E-state index contributed by atoms with van der Waals surface area (Å²) in [5, 5.41) is 6.82. The first-order valence-corrected chi connectivity index (χ1v) is 10.0. The predicted octanol–water partition coefficient (Wildman–Crippen LogP) is 5.67. The van der Waals surface area contributed by atoms with Crippen LogP contribution in [0, 0.1) is 0 Å². The molecule has 134 valence electrons. The topological polar surface area (TPSA) is 47.0 Å². The van der Waals surface area contributed by atoms with Gasteiger partial charge >= 0.3 is 0 Å². The van der Waals surface area contributed by atoms with Gasteiger partial charge in [0.15, 0.2) is 0 Å². The number of anilines is 1. The number of hydrogen-bond donors (Lipinski definition) is 1. The molecule has 4 nitrogen and oxygen atoms in total. The van der Waals surface area contributed by atoms with Crippen molar-refractivity contribution in [2.75, 3.05) is 19.0 Å². The number of nitrogens with one attached hydrogen (secondary N) is 1. The number of benzene rings is 1. The highest BCUT2D eigenvalue weighted by Crippen LogP contribution is 2.37. The Balaban J connectivity index is 1.58. The van der Waals surface area contributed by atoms with Gasteiger partial charge in [0.1, 0.15) is 22.7 Å². The number of thiophene rings is 1. The zero-order chi connectivity index (χ0) is 17.8. The Kier molecular flexibility index (Phi) is 5.16. The average Bonchev–Trinajstić information content (AvgIpc) is 3.14. The van der Waals surface area contributed by atoms with Gasteiger partial charge in [0, 0.05) is 17.5 Å². The maximum absolute atomic E-state index is 5.27. The Hall–Kier alpha value is -2.40. The molecule has 2 aromatic heterocycles. The van der Waals surface area contributed by atoms with E-state index in [0.717, 1.165) is 40.3 Å². The molecule has 0 atom stereocenters. The Morgan fingerprint density at radius 2 is 2.04 bits per heavy atom. The molecule has 1 aliphatic carbocycles. The fourth-order valence-corrected chi connectivity index (χ4v) is 4.38. The molecule has 0 aliphatic heterocycles. The van der Waals surface area contributed by atoms with E-state index >= 15 is 0 Å². The van der Waals surface area contributed by atoms with Crippen molar-refractivity contribution in [2.24, 2.45) is 0 Å². The molecule has 2 heterocycles. The van der Waals surface area contributed by atoms with Crippen molar-refractivity contribution in [2.45, 2.75) is 32.1 Å². The van der Waals surface area contributed by atoms with Crippen LogP contribution in [0.3, 0.4) is 0 Å². The van der Waals surface area contributed by atoms with Gasteiger partial charge in [-0.25, -0.2) is 9.97 Å². The summed E-state index contributed by atoms with van der Waals surface area (Å²) in [5.74, 6) is 1.79. The van der Waals surface area contributed by atoms with Gasteiger partial charge in [0.05, 0.1) is 12.5 Å². The maximum atomic E-state index is 5.27. The van der Waals surface area contributed by atoms with Crippen LogP contribution in [0.2, 0.25) is 0 Å². The molecule has 0 bridgehead atoms. The quantitative estimate of drug-likeness (QED) is 0.572. The standard InChI is InChI=1S/C21H23N3OS/c1-25-17-9-7-16(8-10-17)18-13-26-21-19(18)20(23-14-24-21)22-12-11-15-5-3-2-4-6-15/h5,7-10,13-14H,2-4,6,11-12H2,1H3,(H,22,23,24).